The van der Waals surface area contributed by atoms with E-state index in [0.29, 0.717) is 24.6 Å². The Kier molecular flexibility index (Phi) is 4.77. The van der Waals surface area contributed by atoms with Crippen LogP contribution in [0.25, 0.3) is 17.0 Å². The van der Waals surface area contributed by atoms with E-state index in [4.69, 9.17) is 4.52 Å². The molecule has 1 N–H and O–H groups in total. The normalized spacial score (nSPS) is 13.8. The summed E-state index contributed by atoms with van der Waals surface area (Å²) in [6, 6.07) is 9.87. The van der Waals surface area contributed by atoms with Gasteiger partial charge in [0.2, 0.25) is 11.7 Å². The van der Waals surface area contributed by atoms with Gasteiger partial charge in [0, 0.05) is 19.3 Å². The van der Waals surface area contributed by atoms with Gasteiger partial charge in [0.25, 0.3) is 5.91 Å². The van der Waals surface area contributed by atoms with E-state index >= 15 is 4.39 Å². The van der Waals surface area contributed by atoms with E-state index in [1.807, 2.05) is 6.07 Å². The molecule has 0 unspecified atom stereocenters. The minimum atomic E-state index is -0.688. The highest BCUT2D eigenvalue weighted by Gasteiger charge is 2.36. The third-order valence-corrected chi connectivity index (χ3v) is 5.24. The molecule has 162 valence electrons. The van der Waals surface area contributed by atoms with Crippen LogP contribution >= 0.6 is 0 Å². The highest BCUT2D eigenvalue weighted by atomic mass is 19.1. The van der Waals surface area contributed by atoms with Crippen LogP contribution in [-0.2, 0) is 4.74 Å². The molecule has 1 aliphatic rings. The van der Waals surface area contributed by atoms with Crippen molar-refractivity contribution in [2.75, 3.05) is 25.5 Å². The Labute approximate surface area is 180 Å². The van der Waals surface area contributed by atoms with Crippen molar-refractivity contribution >= 4 is 23.3 Å². The summed E-state index contributed by atoms with van der Waals surface area (Å²) in [5.74, 6) is -0.978. The van der Waals surface area contributed by atoms with Gasteiger partial charge < -0.3 is 19.5 Å². The number of rotatable bonds is 4. The summed E-state index contributed by atoms with van der Waals surface area (Å²) in [6.07, 6.45) is 2.70. The van der Waals surface area contributed by atoms with Crippen LogP contribution in [0.5, 0.6) is 0 Å². The van der Waals surface area contributed by atoms with Crippen LogP contribution in [0.2, 0.25) is 0 Å². The lowest BCUT2D eigenvalue weighted by Gasteiger charge is -2.35. The summed E-state index contributed by atoms with van der Waals surface area (Å²) in [7, 11) is 1.31. The van der Waals surface area contributed by atoms with Crippen LogP contribution in [0.15, 0.2) is 53.3 Å². The number of nitrogens with one attached hydrogen (secondary N) is 1. The standard InChI is InChI=1S/C21H17FN6O4/c1-31-21(30)27-10-12(11-27)20-25-18(26-32-20)13-5-4-6-14(17(13)22)24-19(29)15-9-23-16-7-2-3-8-28(15)16/h2-9,12H,10-11H2,1H3,(H,24,29). The van der Waals surface area contributed by atoms with Gasteiger partial charge in [0.15, 0.2) is 5.82 Å². The molecule has 1 aromatic carbocycles. The van der Waals surface area contributed by atoms with E-state index in [1.54, 1.807) is 28.8 Å². The number of imidazole rings is 1. The van der Waals surface area contributed by atoms with Crippen molar-refractivity contribution in [1.82, 2.24) is 24.4 Å². The van der Waals surface area contributed by atoms with Crippen molar-refractivity contribution in [3.05, 3.63) is 66.2 Å². The average molecular weight is 436 g/mol. The third kappa shape index (κ3) is 3.33. The molecule has 0 radical (unpaired) electrons. The summed E-state index contributed by atoms with van der Waals surface area (Å²) >= 11 is 0. The third-order valence-electron chi connectivity index (χ3n) is 5.24. The molecule has 2 amide bonds. The van der Waals surface area contributed by atoms with Crippen molar-refractivity contribution in [3.8, 4) is 11.4 Å². The molecule has 0 aliphatic carbocycles. The number of fused-ring (bicyclic) bond motifs is 1. The van der Waals surface area contributed by atoms with E-state index in [1.165, 1.54) is 30.3 Å². The number of likely N-dealkylation sites (tertiary alicyclic amines) is 1. The topological polar surface area (TPSA) is 115 Å². The minimum absolute atomic E-state index is 0.0229. The molecule has 3 aromatic heterocycles. The summed E-state index contributed by atoms with van der Waals surface area (Å²) in [4.78, 5) is 34.1. The zero-order valence-corrected chi connectivity index (χ0v) is 16.9. The molecule has 0 bridgehead atoms. The number of amides is 2. The van der Waals surface area contributed by atoms with Crippen LogP contribution in [-0.4, -0.2) is 56.6 Å². The van der Waals surface area contributed by atoms with Gasteiger partial charge in [-0.05, 0) is 24.3 Å². The summed E-state index contributed by atoms with van der Waals surface area (Å²) in [5.41, 5.74) is 0.936. The van der Waals surface area contributed by atoms with Crippen LogP contribution in [0, 0.1) is 5.82 Å². The number of carbonyl (C=O) groups is 2. The number of carbonyl (C=O) groups excluding carboxylic acids is 2. The quantitative estimate of drug-likeness (QED) is 0.523. The molecule has 1 fully saturated rings. The Morgan fingerprint density at radius 1 is 1.22 bits per heavy atom. The Hall–Kier alpha value is -4.28. The molecule has 1 aliphatic heterocycles. The molecule has 4 heterocycles. The Morgan fingerprint density at radius 3 is 2.88 bits per heavy atom. The maximum Gasteiger partial charge on any atom is 0.409 e. The number of hydrogen-bond acceptors (Lipinski definition) is 7. The number of benzene rings is 1. The SMILES string of the molecule is COC(=O)N1CC(c2nc(-c3cccc(NC(=O)c4cnc5ccccn45)c3F)no2)C1. The molecule has 4 aromatic rings. The second kappa shape index (κ2) is 7.76. The highest BCUT2D eigenvalue weighted by molar-refractivity contribution is 6.03. The summed E-state index contributed by atoms with van der Waals surface area (Å²) in [5, 5.41) is 6.44. The molecule has 0 spiro atoms. The number of pyridine rings is 1. The van der Waals surface area contributed by atoms with Gasteiger partial charge in [0.05, 0.1) is 30.5 Å². The molecule has 0 atom stereocenters. The van der Waals surface area contributed by atoms with Gasteiger partial charge in [-0.25, -0.2) is 14.2 Å². The molecular weight excluding hydrogens is 419 g/mol. The number of anilines is 1. The van der Waals surface area contributed by atoms with Gasteiger partial charge in [-0.3, -0.25) is 9.20 Å². The number of hydrogen-bond donors (Lipinski definition) is 1. The van der Waals surface area contributed by atoms with E-state index in [0.717, 1.165) is 0 Å². The first-order valence-electron chi connectivity index (χ1n) is 9.74. The lowest BCUT2D eigenvalue weighted by molar-refractivity contribution is 0.0804. The van der Waals surface area contributed by atoms with E-state index in [-0.39, 0.29) is 28.7 Å². The number of nitrogens with zero attached hydrogens (tertiary/aromatic N) is 5. The van der Waals surface area contributed by atoms with Crippen LogP contribution in [0.3, 0.4) is 0 Å². The summed E-state index contributed by atoms with van der Waals surface area (Å²) in [6.45, 7) is 0.762. The monoisotopic (exact) mass is 436 g/mol. The Balaban J connectivity index is 1.35. The van der Waals surface area contributed by atoms with Gasteiger partial charge >= 0.3 is 6.09 Å². The van der Waals surface area contributed by atoms with Gasteiger partial charge in [-0.15, -0.1) is 0 Å². The average Bonchev–Trinajstić information content (AvgIpc) is 3.41. The lowest BCUT2D eigenvalue weighted by atomic mass is 10.0. The molecule has 1 saturated heterocycles. The lowest BCUT2D eigenvalue weighted by Crippen LogP contribution is -2.48. The van der Waals surface area contributed by atoms with Crippen molar-refractivity contribution in [1.29, 1.82) is 0 Å². The highest BCUT2D eigenvalue weighted by Crippen LogP contribution is 2.30. The second-order valence-electron chi connectivity index (χ2n) is 7.22. The van der Waals surface area contributed by atoms with Crippen molar-refractivity contribution in [2.45, 2.75) is 5.92 Å². The largest absolute Gasteiger partial charge is 0.453 e. The van der Waals surface area contributed by atoms with Gasteiger partial charge in [0.1, 0.15) is 11.3 Å². The molecule has 10 nitrogen and oxygen atoms in total. The van der Waals surface area contributed by atoms with Crippen LogP contribution in [0.4, 0.5) is 14.9 Å². The Bertz CT molecular complexity index is 1330. The van der Waals surface area contributed by atoms with Gasteiger partial charge in [-0.2, -0.15) is 4.98 Å². The van der Waals surface area contributed by atoms with Crippen LogP contribution in [0.1, 0.15) is 22.3 Å². The first-order valence-corrected chi connectivity index (χ1v) is 9.74. The zero-order chi connectivity index (χ0) is 22.2. The first kappa shape index (κ1) is 19.7. The smallest absolute Gasteiger partial charge is 0.409 e. The zero-order valence-electron chi connectivity index (χ0n) is 16.9. The maximum absolute atomic E-state index is 15.2. The van der Waals surface area contributed by atoms with Crippen molar-refractivity contribution in [2.24, 2.45) is 0 Å². The second-order valence-corrected chi connectivity index (χ2v) is 7.22. The molecule has 32 heavy (non-hydrogen) atoms. The molecular formula is C21H17FN6O4. The van der Waals surface area contributed by atoms with E-state index in [2.05, 4.69) is 25.2 Å². The maximum atomic E-state index is 15.2. The predicted molar refractivity (Wildman–Crippen MR) is 110 cm³/mol. The molecule has 0 saturated carbocycles. The fourth-order valence-electron chi connectivity index (χ4n) is 3.51. The number of halogens is 1. The molecule has 5 rings (SSSR count). The fourth-order valence-corrected chi connectivity index (χ4v) is 3.51. The van der Waals surface area contributed by atoms with Crippen molar-refractivity contribution in [3.63, 3.8) is 0 Å². The predicted octanol–water partition coefficient (Wildman–Crippen LogP) is 2.94. The molecule has 11 heteroatoms. The minimum Gasteiger partial charge on any atom is -0.453 e. The number of ether oxygens (including phenoxy) is 1. The van der Waals surface area contributed by atoms with E-state index in [9.17, 15) is 9.59 Å². The van der Waals surface area contributed by atoms with E-state index < -0.39 is 17.8 Å². The van der Waals surface area contributed by atoms with Crippen LogP contribution < -0.4 is 5.32 Å². The first-order chi connectivity index (χ1) is 15.5. The summed E-state index contributed by atoms with van der Waals surface area (Å²) < 4.78 is 26.7. The fraction of sp³-hybridized carbons (Fsp3) is 0.190. The number of methoxy groups -OCH3 is 1. The van der Waals surface area contributed by atoms with Crippen molar-refractivity contribution < 1.29 is 23.2 Å². The van der Waals surface area contributed by atoms with Gasteiger partial charge in [-0.1, -0.05) is 17.3 Å². The number of aromatic nitrogens is 4. The Morgan fingerprint density at radius 2 is 2.06 bits per heavy atom.